The summed E-state index contributed by atoms with van der Waals surface area (Å²) in [4.78, 5) is 7.51. The Bertz CT molecular complexity index is 230. The van der Waals surface area contributed by atoms with E-state index in [1.165, 1.54) is 32.2 Å². The first-order chi connectivity index (χ1) is 7.92. The molecule has 5 heteroatoms. The van der Waals surface area contributed by atoms with Gasteiger partial charge in [-0.15, -0.1) is 0 Å². The average Bonchev–Trinajstić information content (AvgIpc) is 2.77. The predicted octanol–water partition coefficient (Wildman–Crippen LogP) is 2.47. The van der Waals surface area contributed by atoms with Crippen molar-refractivity contribution in [2.75, 3.05) is 20.6 Å². The van der Waals surface area contributed by atoms with E-state index in [1.807, 2.05) is 0 Å². The minimum absolute atomic E-state index is 0.879. The van der Waals surface area contributed by atoms with Gasteiger partial charge >= 0.3 is 0 Å². The van der Waals surface area contributed by atoms with Crippen molar-refractivity contribution in [1.29, 1.82) is 0 Å². The van der Waals surface area contributed by atoms with E-state index in [-0.39, 0.29) is 0 Å². The lowest BCUT2D eigenvalue weighted by Crippen LogP contribution is -2.78. The first kappa shape index (κ1) is 15.4. The normalized spacial score (nSPS) is 19.2. The quantitative estimate of drug-likeness (QED) is 0.728. The summed E-state index contributed by atoms with van der Waals surface area (Å²) in [6, 6.07) is 0. The predicted molar refractivity (Wildman–Crippen MR) is 81.8 cm³/mol. The van der Waals surface area contributed by atoms with E-state index in [4.69, 9.17) is 0 Å². The second-order valence-electron chi connectivity index (χ2n) is 6.16. The second-order valence-corrected chi connectivity index (χ2v) is 15.4. The third kappa shape index (κ3) is 3.01. The molecule has 2 N–H and O–H groups in total. The zero-order chi connectivity index (χ0) is 13.1. The molecule has 0 aliphatic heterocycles. The summed E-state index contributed by atoms with van der Waals surface area (Å²) in [5.41, 5.74) is 0.879. The summed E-state index contributed by atoms with van der Waals surface area (Å²) in [5, 5.41) is 0. The third-order valence-electron chi connectivity index (χ3n) is 4.26. The zero-order valence-corrected chi connectivity index (χ0v) is 14.6. The van der Waals surface area contributed by atoms with Crippen molar-refractivity contribution >= 4 is 16.8 Å². The van der Waals surface area contributed by atoms with Crippen LogP contribution in [0.5, 0.6) is 0 Å². The van der Waals surface area contributed by atoms with Crippen LogP contribution in [0.25, 0.3) is 0 Å². The van der Waals surface area contributed by atoms with Gasteiger partial charge in [-0.05, 0) is 39.0 Å². The zero-order valence-electron chi connectivity index (χ0n) is 12.6. The highest BCUT2D eigenvalue weighted by Gasteiger charge is 2.49. The molecule has 0 unspecified atom stereocenters. The number of hydrogen-bond acceptors (Lipinski definition) is 3. The highest BCUT2D eigenvalue weighted by Crippen LogP contribution is 2.38. The van der Waals surface area contributed by atoms with Gasteiger partial charge in [-0.1, -0.05) is 39.4 Å². The molecule has 0 heterocycles. The molecule has 0 radical (unpaired) electrons. The standard InChI is InChI=1S/C12H31N3Si2/c1-7-15(16(4,5)6)17(13-2,14-3)12-10-8-9-11-12/h12-14H,7-11H2,1-6H3. The fourth-order valence-electron chi connectivity index (χ4n) is 3.62. The number of hydrogen-bond donors (Lipinski definition) is 2. The number of rotatable bonds is 6. The Morgan fingerprint density at radius 1 is 1.06 bits per heavy atom. The smallest absolute Gasteiger partial charge is 0.280 e. The highest BCUT2D eigenvalue weighted by atomic mass is 28.4. The summed E-state index contributed by atoms with van der Waals surface area (Å²) in [5.74, 6) is 0. The molecule has 0 bridgehead atoms. The maximum atomic E-state index is 3.75. The molecule has 0 atom stereocenters. The Hall–Kier alpha value is 0.314. The molecule has 0 saturated heterocycles. The van der Waals surface area contributed by atoms with Gasteiger partial charge in [0.05, 0.1) is 0 Å². The Labute approximate surface area is 110 Å². The van der Waals surface area contributed by atoms with E-state index in [0.29, 0.717) is 0 Å². The van der Waals surface area contributed by atoms with Crippen molar-refractivity contribution in [2.45, 2.75) is 57.8 Å². The summed E-state index contributed by atoms with van der Waals surface area (Å²) < 4.78 is 2.84. The molecule has 102 valence electrons. The summed E-state index contributed by atoms with van der Waals surface area (Å²) >= 11 is 0. The Balaban J connectivity index is 3.03. The molecule has 17 heavy (non-hydrogen) atoms. The Kier molecular flexibility index (Phi) is 5.40. The van der Waals surface area contributed by atoms with E-state index in [0.717, 1.165) is 5.54 Å². The minimum atomic E-state index is -1.68. The molecular weight excluding hydrogens is 242 g/mol. The lowest BCUT2D eigenvalue weighted by atomic mass is 10.4. The molecular formula is C12H31N3Si2. The van der Waals surface area contributed by atoms with Crippen LogP contribution in [0, 0.1) is 0 Å². The Morgan fingerprint density at radius 3 is 1.82 bits per heavy atom. The van der Waals surface area contributed by atoms with Crippen LogP contribution in [-0.2, 0) is 0 Å². The van der Waals surface area contributed by atoms with Crippen LogP contribution in [0.2, 0.25) is 25.2 Å². The third-order valence-corrected chi connectivity index (χ3v) is 13.7. The van der Waals surface area contributed by atoms with Gasteiger partial charge in [-0.2, -0.15) is 0 Å². The Morgan fingerprint density at radius 2 is 1.53 bits per heavy atom. The molecule has 1 fully saturated rings. The molecule has 1 rings (SSSR count). The number of nitrogens with one attached hydrogen (secondary N) is 2. The van der Waals surface area contributed by atoms with Crippen LogP contribution in [0.4, 0.5) is 0 Å². The van der Waals surface area contributed by atoms with Crippen molar-refractivity contribution in [3.05, 3.63) is 0 Å². The van der Waals surface area contributed by atoms with Gasteiger partial charge in [0.2, 0.25) is 0 Å². The van der Waals surface area contributed by atoms with Crippen LogP contribution in [-0.4, -0.2) is 41.7 Å². The van der Waals surface area contributed by atoms with E-state index in [2.05, 4.69) is 54.9 Å². The molecule has 1 aliphatic carbocycles. The van der Waals surface area contributed by atoms with Crippen LogP contribution in [0.1, 0.15) is 32.6 Å². The molecule has 3 nitrogen and oxygen atoms in total. The van der Waals surface area contributed by atoms with Crippen LogP contribution in [0.15, 0.2) is 0 Å². The molecule has 0 aromatic heterocycles. The first-order valence-corrected chi connectivity index (χ1v) is 12.5. The lowest BCUT2D eigenvalue weighted by Gasteiger charge is -2.50. The minimum Gasteiger partial charge on any atom is -0.321 e. The molecule has 1 aliphatic rings. The number of nitrogens with zero attached hydrogens (tertiary/aromatic N) is 1. The fraction of sp³-hybridized carbons (Fsp3) is 1.00. The molecule has 0 aromatic rings. The monoisotopic (exact) mass is 273 g/mol. The van der Waals surface area contributed by atoms with E-state index in [1.54, 1.807) is 0 Å². The largest absolute Gasteiger partial charge is 0.321 e. The molecule has 0 spiro atoms. The maximum absolute atomic E-state index is 3.75. The van der Waals surface area contributed by atoms with Gasteiger partial charge in [0.25, 0.3) is 8.56 Å². The molecule has 0 aromatic carbocycles. The lowest BCUT2D eigenvalue weighted by molar-refractivity contribution is 0.558. The van der Waals surface area contributed by atoms with Gasteiger partial charge in [0.1, 0.15) is 8.24 Å². The van der Waals surface area contributed by atoms with Gasteiger partial charge < -0.3 is 14.2 Å². The van der Waals surface area contributed by atoms with Gasteiger partial charge in [0.15, 0.2) is 0 Å². The van der Waals surface area contributed by atoms with Gasteiger partial charge in [0, 0.05) is 0 Å². The van der Waals surface area contributed by atoms with Gasteiger partial charge in [-0.25, -0.2) is 0 Å². The van der Waals surface area contributed by atoms with Crippen LogP contribution < -0.4 is 9.96 Å². The van der Waals surface area contributed by atoms with E-state index >= 15 is 0 Å². The van der Waals surface area contributed by atoms with Crippen molar-refractivity contribution in [2.24, 2.45) is 0 Å². The van der Waals surface area contributed by atoms with Crippen molar-refractivity contribution in [3.8, 4) is 0 Å². The summed E-state index contributed by atoms with van der Waals surface area (Å²) in [6.45, 7) is 10.9. The van der Waals surface area contributed by atoms with Crippen molar-refractivity contribution in [1.82, 2.24) is 14.2 Å². The SMILES string of the molecule is CCN([Si](C)(C)C)[Si](NC)(NC)C1CCCC1. The maximum Gasteiger partial charge on any atom is 0.280 e. The highest BCUT2D eigenvalue weighted by molar-refractivity contribution is 6.89. The van der Waals surface area contributed by atoms with Crippen LogP contribution in [0.3, 0.4) is 0 Å². The van der Waals surface area contributed by atoms with Crippen molar-refractivity contribution in [3.63, 3.8) is 0 Å². The average molecular weight is 274 g/mol. The van der Waals surface area contributed by atoms with Crippen molar-refractivity contribution < 1.29 is 0 Å². The van der Waals surface area contributed by atoms with E-state index < -0.39 is 16.8 Å². The summed E-state index contributed by atoms with van der Waals surface area (Å²) in [7, 11) is 1.40. The fourth-order valence-corrected chi connectivity index (χ4v) is 13.8. The molecule has 1 saturated carbocycles. The van der Waals surface area contributed by atoms with Crippen LogP contribution >= 0.6 is 0 Å². The summed E-state index contributed by atoms with van der Waals surface area (Å²) in [6.07, 6.45) is 5.67. The molecule has 0 amide bonds. The second kappa shape index (κ2) is 5.97. The first-order valence-electron chi connectivity index (χ1n) is 7.08. The topological polar surface area (TPSA) is 27.3 Å². The van der Waals surface area contributed by atoms with E-state index in [9.17, 15) is 0 Å². The van der Waals surface area contributed by atoms with Gasteiger partial charge in [-0.3, -0.25) is 0 Å².